The molecule has 1 saturated carbocycles. The molecule has 0 atom stereocenters. The Kier molecular flexibility index (Phi) is 9.81. The molecule has 2 rings (SSSR count). The van der Waals surface area contributed by atoms with Crippen molar-refractivity contribution in [2.75, 3.05) is 11.5 Å². The lowest BCUT2D eigenvalue weighted by atomic mass is 9.80. The summed E-state index contributed by atoms with van der Waals surface area (Å²) < 4.78 is 24.2. The van der Waals surface area contributed by atoms with E-state index >= 15 is 0 Å². The molecular formula is C21H32Cl2O2S2. The van der Waals surface area contributed by atoms with Crippen LogP contribution in [-0.4, -0.2) is 25.2 Å². The zero-order chi connectivity index (χ0) is 19.9. The third-order valence-electron chi connectivity index (χ3n) is 5.61. The van der Waals surface area contributed by atoms with Crippen LogP contribution < -0.4 is 0 Å². The van der Waals surface area contributed by atoms with Crippen molar-refractivity contribution in [1.82, 2.24) is 0 Å². The van der Waals surface area contributed by atoms with Crippen molar-refractivity contribution in [2.24, 2.45) is 11.8 Å². The summed E-state index contributed by atoms with van der Waals surface area (Å²) in [5.74, 6) is 3.55. The molecule has 0 unspecified atom stereocenters. The number of unbranched alkanes of at least 4 members (excludes halogenated alkanes) is 1. The van der Waals surface area contributed by atoms with Crippen LogP contribution in [0.25, 0.3) is 0 Å². The van der Waals surface area contributed by atoms with Crippen LogP contribution in [0.2, 0.25) is 10.0 Å². The highest BCUT2D eigenvalue weighted by molar-refractivity contribution is 7.98. The second kappa shape index (κ2) is 11.3. The number of hydrogen-bond acceptors (Lipinski definition) is 3. The first kappa shape index (κ1) is 23.4. The molecule has 1 fully saturated rings. The molecule has 1 aliphatic rings. The molecular weight excluding hydrogens is 419 g/mol. The molecule has 0 aliphatic heterocycles. The first-order valence-electron chi connectivity index (χ1n) is 10.0. The second-order valence-electron chi connectivity index (χ2n) is 8.01. The molecule has 6 heteroatoms. The SMILES string of the molecule is CC(C)S(=O)(=O)CC1CCC(CCCCSCc2c(Cl)cccc2Cl)CC1. The number of benzene rings is 1. The predicted molar refractivity (Wildman–Crippen MR) is 121 cm³/mol. The molecule has 1 aliphatic carbocycles. The van der Waals surface area contributed by atoms with Crippen LogP contribution in [0.4, 0.5) is 0 Å². The average Bonchev–Trinajstić information content (AvgIpc) is 2.61. The molecule has 2 nitrogen and oxygen atoms in total. The first-order valence-corrected chi connectivity index (χ1v) is 13.6. The van der Waals surface area contributed by atoms with Gasteiger partial charge >= 0.3 is 0 Å². The third kappa shape index (κ3) is 7.79. The van der Waals surface area contributed by atoms with Gasteiger partial charge < -0.3 is 0 Å². The third-order valence-corrected chi connectivity index (χ3v) is 9.76. The van der Waals surface area contributed by atoms with Crippen molar-refractivity contribution in [1.29, 1.82) is 0 Å². The summed E-state index contributed by atoms with van der Waals surface area (Å²) in [6.07, 6.45) is 8.29. The van der Waals surface area contributed by atoms with Gasteiger partial charge in [-0.15, -0.1) is 0 Å². The van der Waals surface area contributed by atoms with Gasteiger partial charge in [-0.05, 0) is 68.4 Å². The minimum atomic E-state index is -2.89. The van der Waals surface area contributed by atoms with E-state index in [0.717, 1.165) is 45.9 Å². The van der Waals surface area contributed by atoms with Crippen LogP contribution in [0.1, 0.15) is 64.4 Å². The second-order valence-corrected chi connectivity index (χ2v) is 12.5. The molecule has 0 spiro atoms. The number of rotatable bonds is 10. The highest BCUT2D eigenvalue weighted by Gasteiger charge is 2.26. The fraction of sp³-hybridized carbons (Fsp3) is 0.714. The summed E-state index contributed by atoms with van der Waals surface area (Å²) in [6, 6.07) is 5.67. The summed E-state index contributed by atoms with van der Waals surface area (Å²) in [7, 11) is -2.89. The zero-order valence-corrected chi connectivity index (χ0v) is 19.6. The van der Waals surface area contributed by atoms with E-state index in [1.807, 2.05) is 30.0 Å². The summed E-state index contributed by atoms with van der Waals surface area (Å²) in [6.45, 7) is 3.58. The Hall–Kier alpha value is 0.1000. The Bertz CT molecular complexity index is 661. The fourth-order valence-electron chi connectivity index (χ4n) is 3.69. The predicted octanol–water partition coefficient (Wildman–Crippen LogP) is 7.03. The molecule has 1 aromatic carbocycles. The van der Waals surface area contributed by atoms with Crippen LogP contribution in [0.3, 0.4) is 0 Å². The van der Waals surface area contributed by atoms with Gasteiger partial charge in [0, 0.05) is 15.8 Å². The molecule has 27 heavy (non-hydrogen) atoms. The van der Waals surface area contributed by atoms with Crippen molar-refractivity contribution in [2.45, 2.75) is 69.8 Å². The maximum atomic E-state index is 12.1. The Balaban J connectivity index is 1.57. The maximum absolute atomic E-state index is 12.1. The Morgan fingerprint density at radius 1 is 1.04 bits per heavy atom. The van der Waals surface area contributed by atoms with E-state index < -0.39 is 9.84 Å². The van der Waals surface area contributed by atoms with Crippen LogP contribution >= 0.6 is 35.0 Å². The van der Waals surface area contributed by atoms with Crippen LogP contribution in [-0.2, 0) is 15.6 Å². The van der Waals surface area contributed by atoms with Gasteiger partial charge in [-0.2, -0.15) is 11.8 Å². The highest BCUT2D eigenvalue weighted by atomic mass is 35.5. The molecule has 0 N–H and O–H groups in total. The van der Waals surface area contributed by atoms with Crippen LogP contribution in [0.15, 0.2) is 18.2 Å². The van der Waals surface area contributed by atoms with Gasteiger partial charge in [-0.1, -0.05) is 55.0 Å². The summed E-state index contributed by atoms with van der Waals surface area (Å²) >= 11 is 14.3. The lowest BCUT2D eigenvalue weighted by Crippen LogP contribution is -2.26. The standard InChI is InChI=1S/C21H32Cl2O2S2/c1-16(2)27(24,25)15-18-11-9-17(10-12-18)6-3-4-13-26-14-19-20(22)7-5-8-21(19)23/h5,7-8,16-18H,3-4,6,9-15H2,1-2H3. The van der Waals surface area contributed by atoms with Gasteiger partial charge in [0.15, 0.2) is 9.84 Å². The number of halogens is 2. The van der Waals surface area contributed by atoms with E-state index in [9.17, 15) is 8.42 Å². The van der Waals surface area contributed by atoms with Crippen molar-refractivity contribution < 1.29 is 8.42 Å². The van der Waals surface area contributed by atoms with Crippen molar-refractivity contribution in [3.8, 4) is 0 Å². The molecule has 1 aromatic rings. The van der Waals surface area contributed by atoms with E-state index in [2.05, 4.69) is 0 Å². The number of hydrogen-bond donors (Lipinski definition) is 0. The first-order chi connectivity index (χ1) is 12.8. The molecule has 0 radical (unpaired) electrons. The molecule has 0 saturated heterocycles. The van der Waals surface area contributed by atoms with Crippen molar-refractivity contribution >= 4 is 44.8 Å². The number of thioether (sulfide) groups is 1. The quantitative estimate of drug-likeness (QED) is 0.358. The monoisotopic (exact) mass is 450 g/mol. The Labute approximate surface area is 179 Å². The van der Waals surface area contributed by atoms with Crippen molar-refractivity contribution in [3.63, 3.8) is 0 Å². The molecule has 0 aromatic heterocycles. The summed E-state index contributed by atoms with van der Waals surface area (Å²) in [4.78, 5) is 0. The molecule has 0 amide bonds. The van der Waals surface area contributed by atoms with Gasteiger partial charge in [0.1, 0.15) is 0 Å². The van der Waals surface area contributed by atoms with Crippen LogP contribution in [0.5, 0.6) is 0 Å². The largest absolute Gasteiger partial charge is 0.229 e. The normalized spacial score (nSPS) is 20.9. The summed E-state index contributed by atoms with van der Waals surface area (Å²) in [5.41, 5.74) is 1.04. The molecule has 154 valence electrons. The highest BCUT2D eigenvalue weighted by Crippen LogP contribution is 2.33. The minimum Gasteiger partial charge on any atom is -0.229 e. The lowest BCUT2D eigenvalue weighted by molar-refractivity contribution is 0.274. The molecule has 0 bridgehead atoms. The number of sulfone groups is 1. The van der Waals surface area contributed by atoms with Gasteiger partial charge in [-0.3, -0.25) is 0 Å². The Morgan fingerprint density at radius 2 is 1.63 bits per heavy atom. The Morgan fingerprint density at radius 3 is 2.22 bits per heavy atom. The van der Waals surface area contributed by atoms with Gasteiger partial charge in [-0.25, -0.2) is 8.42 Å². The maximum Gasteiger partial charge on any atom is 0.152 e. The fourth-order valence-corrected chi connectivity index (χ4v) is 6.82. The zero-order valence-electron chi connectivity index (χ0n) is 16.4. The van der Waals surface area contributed by atoms with E-state index in [1.165, 1.54) is 32.1 Å². The smallest absolute Gasteiger partial charge is 0.152 e. The molecule has 0 heterocycles. The van der Waals surface area contributed by atoms with E-state index in [1.54, 1.807) is 13.8 Å². The van der Waals surface area contributed by atoms with E-state index in [0.29, 0.717) is 11.7 Å². The summed E-state index contributed by atoms with van der Waals surface area (Å²) in [5, 5.41) is 1.27. The topological polar surface area (TPSA) is 34.1 Å². The van der Waals surface area contributed by atoms with Gasteiger partial charge in [0.2, 0.25) is 0 Å². The van der Waals surface area contributed by atoms with Gasteiger partial charge in [0.05, 0.1) is 11.0 Å². The van der Waals surface area contributed by atoms with E-state index in [4.69, 9.17) is 23.2 Å². The van der Waals surface area contributed by atoms with Crippen LogP contribution in [0, 0.1) is 11.8 Å². The van der Waals surface area contributed by atoms with E-state index in [-0.39, 0.29) is 5.25 Å². The minimum absolute atomic E-state index is 0.242. The lowest BCUT2D eigenvalue weighted by Gasteiger charge is -2.28. The van der Waals surface area contributed by atoms with Crippen molar-refractivity contribution in [3.05, 3.63) is 33.8 Å². The average molecular weight is 452 g/mol. The van der Waals surface area contributed by atoms with Gasteiger partial charge in [0.25, 0.3) is 0 Å².